The van der Waals surface area contributed by atoms with Gasteiger partial charge in [-0.2, -0.15) is 0 Å². The van der Waals surface area contributed by atoms with E-state index in [1.165, 1.54) is 0 Å². The van der Waals surface area contributed by atoms with Gasteiger partial charge in [-0.15, -0.1) is 0 Å². The summed E-state index contributed by atoms with van der Waals surface area (Å²) in [4.78, 5) is 11.8. The predicted octanol–water partition coefficient (Wildman–Crippen LogP) is 2.00. The van der Waals surface area contributed by atoms with Gasteiger partial charge in [0.1, 0.15) is 11.4 Å². The van der Waals surface area contributed by atoms with E-state index in [0.29, 0.717) is 28.4 Å². The molecule has 1 heterocycles. The number of nitrogens with two attached hydrogens (primary N) is 1. The Kier molecular flexibility index (Phi) is 2.70. The molecule has 3 N–H and O–H groups in total. The molecule has 0 fully saturated rings. The molecular formula is C12H15ClN2O2. The fourth-order valence-corrected chi connectivity index (χ4v) is 2.26. The van der Waals surface area contributed by atoms with Gasteiger partial charge < -0.3 is 15.8 Å². The molecule has 0 radical (unpaired) electrons. The lowest BCUT2D eigenvalue weighted by molar-refractivity contribution is 0.0949. The van der Waals surface area contributed by atoms with Crippen molar-refractivity contribution in [2.75, 3.05) is 12.8 Å². The molecule has 1 aromatic rings. The highest BCUT2D eigenvalue weighted by Crippen LogP contribution is 2.43. The highest BCUT2D eigenvalue weighted by atomic mass is 35.5. The summed E-state index contributed by atoms with van der Waals surface area (Å²) in [6.45, 7) is 3.90. The summed E-state index contributed by atoms with van der Waals surface area (Å²) in [7, 11) is 1.57. The molecule has 17 heavy (non-hydrogen) atoms. The lowest BCUT2D eigenvalue weighted by atomic mass is 9.98. The van der Waals surface area contributed by atoms with Crippen LogP contribution in [0.2, 0.25) is 5.02 Å². The Balaban J connectivity index is 2.63. The van der Waals surface area contributed by atoms with Crippen LogP contribution < -0.4 is 15.8 Å². The summed E-state index contributed by atoms with van der Waals surface area (Å²) in [6.07, 6.45) is 0.652. The molecule has 1 aliphatic rings. The molecule has 0 unspecified atom stereocenters. The first-order chi connectivity index (χ1) is 7.85. The molecule has 0 saturated carbocycles. The third-order valence-corrected chi connectivity index (χ3v) is 3.14. The fraction of sp³-hybridized carbons (Fsp3) is 0.417. The molecule has 0 spiro atoms. The Morgan fingerprint density at radius 1 is 1.59 bits per heavy atom. The van der Waals surface area contributed by atoms with Crippen molar-refractivity contribution >= 4 is 23.2 Å². The Labute approximate surface area is 105 Å². The van der Waals surface area contributed by atoms with Crippen molar-refractivity contribution in [2.24, 2.45) is 0 Å². The van der Waals surface area contributed by atoms with Gasteiger partial charge in [0, 0.05) is 19.0 Å². The second kappa shape index (κ2) is 3.81. The van der Waals surface area contributed by atoms with Crippen LogP contribution in [0.25, 0.3) is 0 Å². The van der Waals surface area contributed by atoms with Gasteiger partial charge in [-0.3, -0.25) is 4.79 Å². The van der Waals surface area contributed by atoms with Crippen LogP contribution in [0.4, 0.5) is 5.69 Å². The number of carbonyl (C=O) groups excluding carboxylic acids is 1. The first-order valence-corrected chi connectivity index (χ1v) is 5.75. The van der Waals surface area contributed by atoms with E-state index in [0.717, 1.165) is 5.56 Å². The zero-order chi connectivity index (χ0) is 12.8. The molecule has 2 rings (SSSR count). The average molecular weight is 255 g/mol. The number of benzene rings is 1. The number of halogens is 1. The van der Waals surface area contributed by atoms with Crippen molar-refractivity contribution in [3.63, 3.8) is 0 Å². The van der Waals surface area contributed by atoms with Crippen molar-refractivity contribution in [1.29, 1.82) is 0 Å². The molecule has 0 atom stereocenters. The van der Waals surface area contributed by atoms with Crippen molar-refractivity contribution in [3.05, 3.63) is 22.2 Å². The molecule has 1 aliphatic heterocycles. The highest BCUT2D eigenvalue weighted by Gasteiger charge is 2.35. The Morgan fingerprint density at radius 2 is 2.24 bits per heavy atom. The molecule has 92 valence electrons. The van der Waals surface area contributed by atoms with E-state index < -0.39 is 0 Å². The second-order valence-corrected chi connectivity index (χ2v) is 5.15. The number of rotatable bonds is 1. The number of hydrogen-bond acceptors (Lipinski definition) is 3. The van der Waals surface area contributed by atoms with E-state index in [2.05, 4.69) is 5.32 Å². The zero-order valence-electron chi connectivity index (χ0n) is 10.1. The molecule has 5 heteroatoms. The maximum atomic E-state index is 11.8. The van der Waals surface area contributed by atoms with Gasteiger partial charge in [0.2, 0.25) is 0 Å². The zero-order valence-corrected chi connectivity index (χ0v) is 10.8. The molecule has 0 saturated heterocycles. The van der Waals surface area contributed by atoms with Crippen LogP contribution in [0.5, 0.6) is 5.75 Å². The molecule has 4 nitrogen and oxygen atoms in total. The number of carbonyl (C=O) groups is 1. The highest BCUT2D eigenvalue weighted by molar-refractivity contribution is 6.33. The molecule has 1 aromatic carbocycles. The summed E-state index contributed by atoms with van der Waals surface area (Å²) in [5.41, 5.74) is 7.32. The van der Waals surface area contributed by atoms with E-state index in [-0.39, 0.29) is 11.5 Å². The van der Waals surface area contributed by atoms with Gasteiger partial charge in [-0.05, 0) is 19.9 Å². The smallest absolute Gasteiger partial charge is 0.254 e. The normalized spacial score (nSPS) is 16.2. The van der Waals surface area contributed by atoms with Crippen LogP contribution in [0.3, 0.4) is 0 Å². The van der Waals surface area contributed by atoms with Gasteiger partial charge in [0.25, 0.3) is 5.91 Å². The van der Waals surface area contributed by atoms with Gasteiger partial charge in [0.15, 0.2) is 0 Å². The number of amides is 1. The van der Waals surface area contributed by atoms with E-state index in [4.69, 9.17) is 22.1 Å². The lowest BCUT2D eigenvalue weighted by Gasteiger charge is -2.17. The Bertz CT molecular complexity index is 498. The molecular weight excluding hydrogens is 240 g/mol. The van der Waals surface area contributed by atoms with E-state index >= 15 is 0 Å². The topological polar surface area (TPSA) is 64.4 Å². The van der Waals surface area contributed by atoms with E-state index in [1.807, 2.05) is 13.8 Å². The minimum Gasteiger partial charge on any atom is -0.486 e. The summed E-state index contributed by atoms with van der Waals surface area (Å²) >= 11 is 6.03. The predicted molar refractivity (Wildman–Crippen MR) is 67.7 cm³/mol. The van der Waals surface area contributed by atoms with Crippen molar-refractivity contribution in [2.45, 2.75) is 25.9 Å². The number of fused-ring (bicyclic) bond motifs is 1. The maximum Gasteiger partial charge on any atom is 0.254 e. The summed E-state index contributed by atoms with van der Waals surface area (Å²) < 4.78 is 5.78. The van der Waals surface area contributed by atoms with Gasteiger partial charge in [-0.1, -0.05) is 11.6 Å². The van der Waals surface area contributed by atoms with Crippen molar-refractivity contribution < 1.29 is 9.53 Å². The van der Waals surface area contributed by atoms with Gasteiger partial charge in [0.05, 0.1) is 16.3 Å². The number of nitrogens with one attached hydrogen (secondary N) is 1. The summed E-state index contributed by atoms with van der Waals surface area (Å²) in [5.74, 6) is 0.331. The minimum atomic E-state index is -0.357. The Morgan fingerprint density at radius 3 is 2.82 bits per heavy atom. The fourth-order valence-electron chi connectivity index (χ4n) is 2.03. The second-order valence-electron chi connectivity index (χ2n) is 4.74. The van der Waals surface area contributed by atoms with Crippen LogP contribution in [0.1, 0.15) is 29.8 Å². The molecule has 0 bridgehead atoms. The molecule has 1 amide bonds. The summed E-state index contributed by atoms with van der Waals surface area (Å²) in [6, 6.07) is 1.55. The van der Waals surface area contributed by atoms with Crippen LogP contribution in [-0.2, 0) is 6.42 Å². The van der Waals surface area contributed by atoms with E-state index in [1.54, 1.807) is 13.1 Å². The SMILES string of the molecule is CNC(=O)c1cc(Cl)c(N)c2c1OC(C)(C)C2. The summed E-state index contributed by atoms with van der Waals surface area (Å²) in [5, 5.41) is 2.96. The quantitative estimate of drug-likeness (QED) is 0.754. The monoisotopic (exact) mass is 254 g/mol. The van der Waals surface area contributed by atoms with Gasteiger partial charge in [-0.25, -0.2) is 0 Å². The average Bonchev–Trinajstić information content (AvgIpc) is 2.58. The first-order valence-electron chi connectivity index (χ1n) is 5.37. The first kappa shape index (κ1) is 12.0. The third-order valence-electron chi connectivity index (χ3n) is 2.82. The van der Waals surface area contributed by atoms with Crippen molar-refractivity contribution in [1.82, 2.24) is 5.32 Å². The van der Waals surface area contributed by atoms with Gasteiger partial charge >= 0.3 is 0 Å². The number of anilines is 1. The van der Waals surface area contributed by atoms with E-state index in [9.17, 15) is 4.79 Å². The molecule has 0 aliphatic carbocycles. The Hall–Kier alpha value is -1.42. The maximum absolute atomic E-state index is 11.8. The number of ether oxygens (including phenoxy) is 1. The minimum absolute atomic E-state index is 0.221. The van der Waals surface area contributed by atoms with Crippen LogP contribution in [0, 0.1) is 0 Å². The third kappa shape index (κ3) is 1.93. The largest absolute Gasteiger partial charge is 0.486 e. The van der Waals surface area contributed by atoms with Crippen LogP contribution >= 0.6 is 11.6 Å². The lowest BCUT2D eigenvalue weighted by Crippen LogP contribution is -2.25. The van der Waals surface area contributed by atoms with Crippen molar-refractivity contribution in [3.8, 4) is 5.75 Å². The number of hydrogen-bond donors (Lipinski definition) is 2. The molecule has 0 aromatic heterocycles. The number of nitrogen functional groups attached to an aromatic ring is 1. The van der Waals surface area contributed by atoms with Crippen LogP contribution in [0.15, 0.2) is 6.07 Å². The standard InChI is InChI=1S/C12H15ClN2O2/c1-12(2)5-7-9(14)8(13)4-6(10(7)17-12)11(16)15-3/h4H,5,14H2,1-3H3,(H,15,16). The van der Waals surface area contributed by atoms with Crippen LogP contribution in [-0.4, -0.2) is 18.6 Å².